The van der Waals surface area contributed by atoms with Crippen molar-refractivity contribution in [3.05, 3.63) is 64.6 Å². The van der Waals surface area contributed by atoms with Crippen LogP contribution in [0.3, 0.4) is 0 Å². The van der Waals surface area contributed by atoms with Gasteiger partial charge in [0.25, 0.3) is 0 Å². The lowest BCUT2D eigenvalue weighted by Gasteiger charge is -2.01. The Morgan fingerprint density at radius 1 is 1.20 bits per heavy atom. The van der Waals surface area contributed by atoms with Gasteiger partial charge in [-0.2, -0.15) is 0 Å². The van der Waals surface area contributed by atoms with Gasteiger partial charge in [-0.1, -0.05) is 36.9 Å². The molecule has 3 heteroatoms. The lowest BCUT2D eigenvalue weighted by molar-refractivity contribution is 0.376. The first-order chi connectivity index (χ1) is 7.18. The summed E-state index contributed by atoms with van der Waals surface area (Å²) >= 11 is 0. The summed E-state index contributed by atoms with van der Waals surface area (Å²) in [6.07, 6.45) is 0. The van der Waals surface area contributed by atoms with Crippen LogP contribution in [-0.4, -0.2) is 0 Å². The average Bonchev–Trinajstić information content (AvgIpc) is 2.58. The van der Waals surface area contributed by atoms with E-state index in [1.54, 1.807) is 6.92 Å². The zero-order valence-corrected chi connectivity index (χ0v) is 8.32. The van der Waals surface area contributed by atoms with Gasteiger partial charge in [-0.3, -0.25) is 0 Å². The SMILES string of the molecule is C=C(c1ccccc1)c1oc(=O)oc1C. The first-order valence-corrected chi connectivity index (χ1v) is 4.53. The lowest BCUT2D eigenvalue weighted by Crippen LogP contribution is -1.88. The molecule has 0 N–H and O–H groups in total. The Kier molecular flexibility index (Phi) is 2.29. The van der Waals surface area contributed by atoms with E-state index in [9.17, 15) is 4.79 Å². The molecule has 0 saturated heterocycles. The Hall–Kier alpha value is -2.03. The molecule has 2 rings (SSSR count). The molecule has 0 atom stereocenters. The molecule has 3 nitrogen and oxygen atoms in total. The van der Waals surface area contributed by atoms with Crippen LogP contribution in [0.1, 0.15) is 17.1 Å². The summed E-state index contributed by atoms with van der Waals surface area (Å²) in [4.78, 5) is 10.9. The van der Waals surface area contributed by atoms with Crippen LogP contribution in [0.2, 0.25) is 0 Å². The van der Waals surface area contributed by atoms with Crippen LogP contribution in [0.4, 0.5) is 0 Å². The molecule has 0 radical (unpaired) electrons. The number of hydrogen-bond acceptors (Lipinski definition) is 3. The Bertz CT molecular complexity index is 531. The van der Waals surface area contributed by atoms with Crippen molar-refractivity contribution in [2.45, 2.75) is 6.92 Å². The highest BCUT2D eigenvalue weighted by molar-refractivity contribution is 5.75. The molecule has 0 aliphatic carbocycles. The fourth-order valence-electron chi connectivity index (χ4n) is 1.39. The third kappa shape index (κ3) is 1.76. The molecular formula is C12H10O3. The number of benzene rings is 1. The molecular weight excluding hydrogens is 192 g/mol. The molecule has 15 heavy (non-hydrogen) atoms. The molecule has 0 spiro atoms. The highest BCUT2D eigenvalue weighted by Crippen LogP contribution is 2.22. The van der Waals surface area contributed by atoms with Crippen molar-refractivity contribution in [2.75, 3.05) is 0 Å². The van der Waals surface area contributed by atoms with E-state index < -0.39 is 5.82 Å². The molecule has 1 heterocycles. The van der Waals surface area contributed by atoms with Gasteiger partial charge in [0.1, 0.15) is 0 Å². The normalized spacial score (nSPS) is 10.2. The van der Waals surface area contributed by atoms with Crippen LogP contribution in [-0.2, 0) is 0 Å². The van der Waals surface area contributed by atoms with Crippen molar-refractivity contribution < 1.29 is 8.83 Å². The Balaban J connectivity index is 2.46. The van der Waals surface area contributed by atoms with Gasteiger partial charge in [0.05, 0.1) is 0 Å². The minimum atomic E-state index is -0.695. The molecule has 1 aromatic heterocycles. The van der Waals surface area contributed by atoms with Gasteiger partial charge < -0.3 is 8.83 Å². The van der Waals surface area contributed by atoms with Crippen LogP contribution in [0, 0.1) is 6.92 Å². The maximum absolute atomic E-state index is 10.9. The van der Waals surface area contributed by atoms with Gasteiger partial charge in [0.2, 0.25) is 0 Å². The topological polar surface area (TPSA) is 43.4 Å². The zero-order valence-electron chi connectivity index (χ0n) is 8.32. The van der Waals surface area contributed by atoms with Gasteiger partial charge >= 0.3 is 5.82 Å². The summed E-state index contributed by atoms with van der Waals surface area (Å²) in [7, 11) is 0. The van der Waals surface area contributed by atoms with E-state index in [1.165, 1.54) is 0 Å². The van der Waals surface area contributed by atoms with Crippen LogP contribution in [0.25, 0.3) is 5.57 Å². The second-order valence-electron chi connectivity index (χ2n) is 3.18. The molecule has 0 fully saturated rings. The predicted octanol–water partition coefficient (Wildman–Crippen LogP) is 2.60. The highest BCUT2D eigenvalue weighted by atomic mass is 16.6. The van der Waals surface area contributed by atoms with Gasteiger partial charge in [0.15, 0.2) is 11.5 Å². The average molecular weight is 202 g/mol. The van der Waals surface area contributed by atoms with Crippen LogP contribution in [0.15, 0.2) is 50.5 Å². The van der Waals surface area contributed by atoms with Crippen LogP contribution in [0.5, 0.6) is 0 Å². The summed E-state index contributed by atoms with van der Waals surface area (Å²) in [5.74, 6) is 0.166. The number of aryl methyl sites for hydroxylation is 1. The monoisotopic (exact) mass is 202 g/mol. The fourth-order valence-corrected chi connectivity index (χ4v) is 1.39. The van der Waals surface area contributed by atoms with E-state index >= 15 is 0 Å². The largest absolute Gasteiger partial charge is 0.519 e. The lowest BCUT2D eigenvalue weighted by atomic mass is 10.1. The summed E-state index contributed by atoms with van der Waals surface area (Å²) in [6, 6.07) is 9.50. The van der Waals surface area contributed by atoms with Gasteiger partial charge in [-0.25, -0.2) is 4.79 Å². The fraction of sp³-hybridized carbons (Fsp3) is 0.0833. The Labute approximate surface area is 86.7 Å². The molecule has 0 aliphatic rings. The molecule has 1 aromatic carbocycles. The van der Waals surface area contributed by atoms with E-state index in [0.717, 1.165) is 5.56 Å². The van der Waals surface area contributed by atoms with Crippen molar-refractivity contribution >= 4 is 5.57 Å². The smallest absolute Gasteiger partial charge is 0.396 e. The van der Waals surface area contributed by atoms with Gasteiger partial charge in [0, 0.05) is 5.57 Å². The van der Waals surface area contributed by atoms with E-state index in [2.05, 4.69) is 6.58 Å². The summed E-state index contributed by atoms with van der Waals surface area (Å²) in [5, 5.41) is 0. The summed E-state index contributed by atoms with van der Waals surface area (Å²) in [5.41, 5.74) is 1.56. The van der Waals surface area contributed by atoms with Crippen molar-refractivity contribution in [3.8, 4) is 0 Å². The second-order valence-corrected chi connectivity index (χ2v) is 3.18. The van der Waals surface area contributed by atoms with Gasteiger partial charge in [-0.15, -0.1) is 0 Å². The summed E-state index contributed by atoms with van der Waals surface area (Å²) in [6.45, 7) is 5.55. The van der Waals surface area contributed by atoms with Crippen molar-refractivity contribution in [1.82, 2.24) is 0 Å². The van der Waals surface area contributed by atoms with E-state index in [-0.39, 0.29) is 0 Å². The highest BCUT2D eigenvalue weighted by Gasteiger charge is 2.12. The molecule has 2 aromatic rings. The molecule has 0 unspecified atom stereocenters. The van der Waals surface area contributed by atoms with Crippen LogP contribution >= 0.6 is 0 Å². The third-order valence-electron chi connectivity index (χ3n) is 2.14. The second kappa shape index (κ2) is 3.61. The molecule has 0 aliphatic heterocycles. The van der Waals surface area contributed by atoms with Crippen molar-refractivity contribution in [3.63, 3.8) is 0 Å². The zero-order chi connectivity index (χ0) is 10.8. The Morgan fingerprint density at radius 3 is 2.40 bits per heavy atom. The standard InChI is InChI=1S/C12H10O3/c1-8(10-6-4-3-5-7-10)11-9(2)14-12(13)15-11/h3-7H,1H2,2H3. The maximum atomic E-state index is 10.9. The van der Waals surface area contributed by atoms with Gasteiger partial charge in [-0.05, 0) is 12.5 Å². The van der Waals surface area contributed by atoms with Crippen molar-refractivity contribution in [2.24, 2.45) is 0 Å². The molecule has 76 valence electrons. The number of hydrogen-bond donors (Lipinski definition) is 0. The number of rotatable bonds is 2. The van der Waals surface area contributed by atoms with E-state index in [0.29, 0.717) is 17.1 Å². The quantitative estimate of drug-likeness (QED) is 0.751. The maximum Gasteiger partial charge on any atom is 0.519 e. The minimum absolute atomic E-state index is 0.409. The first kappa shape index (κ1) is 9.52. The first-order valence-electron chi connectivity index (χ1n) is 4.53. The molecule has 0 amide bonds. The van der Waals surface area contributed by atoms with E-state index in [4.69, 9.17) is 8.83 Å². The minimum Gasteiger partial charge on any atom is -0.396 e. The van der Waals surface area contributed by atoms with Crippen LogP contribution < -0.4 is 5.82 Å². The molecule has 0 saturated carbocycles. The molecule has 0 bridgehead atoms. The predicted molar refractivity (Wildman–Crippen MR) is 56.6 cm³/mol. The van der Waals surface area contributed by atoms with E-state index in [1.807, 2.05) is 30.3 Å². The van der Waals surface area contributed by atoms with Crippen molar-refractivity contribution in [1.29, 1.82) is 0 Å². The summed E-state index contributed by atoms with van der Waals surface area (Å²) < 4.78 is 9.68. The Morgan fingerprint density at radius 2 is 1.87 bits per heavy atom. The third-order valence-corrected chi connectivity index (χ3v) is 2.14.